The van der Waals surface area contributed by atoms with Gasteiger partial charge in [-0.1, -0.05) is 44.9 Å². The zero-order valence-corrected chi connectivity index (χ0v) is 23.5. The van der Waals surface area contributed by atoms with E-state index in [4.69, 9.17) is 9.97 Å². The number of aliphatic hydroxyl groups is 1. The number of anilines is 1. The van der Waals surface area contributed by atoms with Crippen molar-refractivity contribution in [2.45, 2.75) is 78.6 Å². The summed E-state index contributed by atoms with van der Waals surface area (Å²) in [6, 6.07) is 11.1. The van der Waals surface area contributed by atoms with Crippen molar-refractivity contribution < 1.29 is 5.11 Å². The third kappa shape index (κ3) is 6.33. The summed E-state index contributed by atoms with van der Waals surface area (Å²) in [4.78, 5) is 16.7. The van der Waals surface area contributed by atoms with Gasteiger partial charge in [-0.3, -0.25) is 9.80 Å². The summed E-state index contributed by atoms with van der Waals surface area (Å²) in [6.45, 7) is 14.6. The molecule has 0 aliphatic carbocycles. The van der Waals surface area contributed by atoms with Crippen molar-refractivity contribution in [1.29, 1.82) is 0 Å². The molecule has 202 valence electrons. The summed E-state index contributed by atoms with van der Waals surface area (Å²) in [5.74, 6) is 0.863. The van der Waals surface area contributed by atoms with Gasteiger partial charge in [0.25, 0.3) is 0 Å². The number of likely N-dealkylation sites (N-methyl/N-ethyl adjacent to an activating group) is 1. The first kappa shape index (κ1) is 27.6. The Morgan fingerprint density at radius 3 is 2.54 bits per heavy atom. The largest absolute Gasteiger partial charge is 0.373 e. The number of piperazine rings is 1. The summed E-state index contributed by atoms with van der Waals surface area (Å²) in [5.41, 5.74) is 4.40. The van der Waals surface area contributed by atoms with E-state index in [1.54, 1.807) is 0 Å². The Bertz CT molecular complexity index is 1140. The van der Waals surface area contributed by atoms with Crippen molar-refractivity contribution in [3.05, 3.63) is 53.5 Å². The number of aliphatic hydroxyl groups excluding tert-OH is 1. The Morgan fingerprint density at radius 2 is 1.84 bits per heavy atom. The van der Waals surface area contributed by atoms with E-state index >= 15 is 0 Å². The zero-order valence-electron chi connectivity index (χ0n) is 23.5. The van der Waals surface area contributed by atoms with Gasteiger partial charge in [-0.2, -0.15) is 0 Å². The number of hydrogen-bond donors (Lipinski definition) is 1. The van der Waals surface area contributed by atoms with E-state index in [0.717, 1.165) is 69.4 Å². The molecule has 0 saturated carbocycles. The highest BCUT2D eigenvalue weighted by atomic mass is 16.3. The lowest BCUT2D eigenvalue weighted by Crippen LogP contribution is -2.50. The van der Waals surface area contributed by atoms with Crippen LogP contribution in [0.2, 0.25) is 0 Å². The van der Waals surface area contributed by atoms with Crippen molar-refractivity contribution in [3.8, 4) is 0 Å². The van der Waals surface area contributed by atoms with Crippen LogP contribution in [0.15, 0.2) is 36.5 Å². The maximum absolute atomic E-state index is 11.2. The second kappa shape index (κ2) is 12.9. The number of aryl methyl sites for hydroxylation is 2. The number of benzene rings is 1. The monoisotopic (exact) mass is 506 g/mol. The standard InChI is InChI=1S/C30H46N6O/c1-6-9-12-23(4)34-17-19-35(20-18-34)30-31-22-25(26(7-2)32-30)15-16-33(5)29(37)28-21-24-13-10-11-14-27(24)36(28)8-3/h10-11,13-14,21-23,29,37H,6-9,12,15-20H2,1-5H3. The molecule has 0 bridgehead atoms. The average molecular weight is 507 g/mol. The van der Waals surface area contributed by atoms with E-state index < -0.39 is 6.23 Å². The van der Waals surface area contributed by atoms with Gasteiger partial charge in [-0.15, -0.1) is 0 Å². The molecule has 1 saturated heterocycles. The molecule has 37 heavy (non-hydrogen) atoms. The van der Waals surface area contributed by atoms with Crippen LogP contribution >= 0.6 is 0 Å². The highest BCUT2D eigenvalue weighted by molar-refractivity contribution is 5.81. The normalized spacial score (nSPS) is 16.6. The van der Waals surface area contributed by atoms with Crippen molar-refractivity contribution in [1.82, 2.24) is 24.3 Å². The first-order chi connectivity index (χ1) is 18.0. The summed E-state index contributed by atoms with van der Waals surface area (Å²) in [7, 11) is 1.99. The first-order valence-electron chi connectivity index (χ1n) is 14.3. The third-order valence-electron chi connectivity index (χ3n) is 8.05. The van der Waals surface area contributed by atoms with Crippen LogP contribution in [0, 0.1) is 0 Å². The second-order valence-electron chi connectivity index (χ2n) is 10.5. The fourth-order valence-electron chi connectivity index (χ4n) is 5.59. The number of fused-ring (bicyclic) bond motifs is 1. The number of unbranched alkanes of at least 4 members (excludes halogenated alkanes) is 1. The van der Waals surface area contributed by atoms with Crippen molar-refractivity contribution >= 4 is 16.9 Å². The number of aromatic nitrogens is 3. The second-order valence-corrected chi connectivity index (χ2v) is 10.5. The van der Waals surface area contributed by atoms with Crippen LogP contribution in [-0.4, -0.2) is 75.3 Å². The van der Waals surface area contributed by atoms with Crippen LogP contribution in [0.25, 0.3) is 10.9 Å². The molecular formula is C30H46N6O. The van der Waals surface area contributed by atoms with E-state index in [0.29, 0.717) is 6.04 Å². The van der Waals surface area contributed by atoms with Gasteiger partial charge in [0.05, 0.1) is 5.69 Å². The van der Waals surface area contributed by atoms with Gasteiger partial charge in [0.2, 0.25) is 5.95 Å². The predicted octanol–water partition coefficient (Wildman–Crippen LogP) is 4.88. The number of rotatable bonds is 12. The fraction of sp³-hybridized carbons (Fsp3) is 0.600. The lowest BCUT2D eigenvalue weighted by molar-refractivity contribution is 0.0156. The van der Waals surface area contributed by atoms with Gasteiger partial charge in [0.15, 0.2) is 0 Å². The molecule has 2 aromatic heterocycles. The van der Waals surface area contributed by atoms with E-state index in [1.807, 2.05) is 24.2 Å². The lowest BCUT2D eigenvalue weighted by atomic mass is 10.1. The maximum atomic E-state index is 11.2. The topological polar surface area (TPSA) is 60.7 Å². The molecule has 1 aliphatic heterocycles. The molecule has 3 aromatic rings. The first-order valence-corrected chi connectivity index (χ1v) is 14.3. The van der Waals surface area contributed by atoms with E-state index in [1.165, 1.54) is 35.7 Å². The van der Waals surface area contributed by atoms with Gasteiger partial charge in [0.1, 0.15) is 6.23 Å². The van der Waals surface area contributed by atoms with Crippen LogP contribution in [0.3, 0.4) is 0 Å². The molecule has 1 fully saturated rings. The number of hydrogen-bond acceptors (Lipinski definition) is 6. The van der Waals surface area contributed by atoms with E-state index in [-0.39, 0.29) is 0 Å². The van der Waals surface area contributed by atoms with Crippen LogP contribution in [0.1, 0.15) is 70.1 Å². The molecule has 2 atom stereocenters. The summed E-state index contributed by atoms with van der Waals surface area (Å²) in [5, 5.41) is 12.4. The lowest BCUT2D eigenvalue weighted by Gasteiger charge is -2.38. The van der Waals surface area contributed by atoms with Gasteiger partial charge in [-0.05, 0) is 57.9 Å². The fourth-order valence-corrected chi connectivity index (χ4v) is 5.59. The van der Waals surface area contributed by atoms with Crippen molar-refractivity contribution in [2.24, 2.45) is 0 Å². The molecule has 1 N–H and O–H groups in total. The van der Waals surface area contributed by atoms with Crippen LogP contribution in [0.5, 0.6) is 0 Å². The Balaban J connectivity index is 1.37. The quantitative estimate of drug-likeness (QED) is 0.353. The predicted molar refractivity (Wildman–Crippen MR) is 153 cm³/mol. The molecule has 7 nitrogen and oxygen atoms in total. The molecule has 3 heterocycles. The van der Waals surface area contributed by atoms with Gasteiger partial charge >= 0.3 is 0 Å². The highest BCUT2D eigenvalue weighted by Crippen LogP contribution is 2.26. The van der Waals surface area contributed by atoms with Crippen LogP contribution in [-0.2, 0) is 19.4 Å². The van der Waals surface area contributed by atoms with Gasteiger partial charge in [0, 0.05) is 68.1 Å². The maximum Gasteiger partial charge on any atom is 0.225 e. The molecular weight excluding hydrogens is 460 g/mol. The van der Waals surface area contributed by atoms with E-state index in [2.05, 4.69) is 66.3 Å². The third-order valence-corrected chi connectivity index (χ3v) is 8.05. The molecule has 7 heteroatoms. The zero-order chi connectivity index (χ0) is 26.4. The minimum absolute atomic E-state index is 0.655. The minimum atomic E-state index is -0.659. The number of para-hydroxylation sites is 1. The highest BCUT2D eigenvalue weighted by Gasteiger charge is 2.23. The Morgan fingerprint density at radius 1 is 1.08 bits per heavy atom. The Kier molecular flexibility index (Phi) is 9.57. The molecule has 1 aliphatic rings. The van der Waals surface area contributed by atoms with Gasteiger partial charge < -0.3 is 14.6 Å². The Hall–Kier alpha value is -2.48. The van der Waals surface area contributed by atoms with E-state index in [9.17, 15) is 5.11 Å². The van der Waals surface area contributed by atoms with Crippen molar-refractivity contribution in [3.63, 3.8) is 0 Å². The average Bonchev–Trinajstić information content (AvgIpc) is 3.32. The summed E-state index contributed by atoms with van der Waals surface area (Å²) < 4.78 is 2.20. The molecule has 4 rings (SSSR count). The van der Waals surface area contributed by atoms with Gasteiger partial charge in [-0.25, -0.2) is 9.97 Å². The van der Waals surface area contributed by atoms with Crippen molar-refractivity contribution in [2.75, 3.05) is 44.7 Å². The SMILES string of the molecule is CCCCC(C)N1CCN(c2ncc(CCN(C)C(O)c3cc4ccccc4n3CC)c(CC)n2)CC1. The molecule has 2 unspecified atom stereocenters. The molecule has 0 radical (unpaired) electrons. The summed E-state index contributed by atoms with van der Waals surface area (Å²) >= 11 is 0. The van der Waals surface area contributed by atoms with Crippen LogP contribution < -0.4 is 4.90 Å². The Labute approximate surface area is 223 Å². The molecule has 0 spiro atoms. The number of nitrogens with zero attached hydrogens (tertiary/aromatic N) is 6. The smallest absolute Gasteiger partial charge is 0.225 e. The minimum Gasteiger partial charge on any atom is -0.373 e. The molecule has 0 amide bonds. The molecule has 1 aromatic carbocycles. The summed E-state index contributed by atoms with van der Waals surface area (Å²) in [6.07, 6.45) is 6.91. The van der Waals surface area contributed by atoms with Crippen LogP contribution in [0.4, 0.5) is 5.95 Å².